The third-order valence-electron chi connectivity index (χ3n) is 2.52. The van der Waals surface area contributed by atoms with Gasteiger partial charge in [0.2, 0.25) is 0 Å². The maximum atomic E-state index is 12.0. The predicted molar refractivity (Wildman–Crippen MR) is 67.5 cm³/mol. The van der Waals surface area contributed by atoms with E-state index in [-0.39, 0.29) is 11.2 Å². The van der Waals surface area contributed by atoms with E-state index in [9.17, 15) is 4.79 Å². The zero-order valence-electron chi connectivity index (χ0n) is 10.6. The van der Waals surface area contributed by atoms with Crippen LogP contribution in [0.5, 0.6) is 0 Å². The van der Waals surface area contributed by atoms with E-state index in [0.29, 0.717) is 13.0 Å². The number of rotatable bonds is 3. The molecule has 0 fully saturated rings. The molecule has 0 aliphatic heterocycles. The lowest BCUT2D eigenvalue weighted by Crippen LogP contribution is -2.14. The molecule has 0 spiro atoms. The van der Waals surface area contributed by atoms with Gasteiger partial charge in [0.15, 0.2) is 5.78 Å². The molecule has 0 bridgehead atoms. The second kappa shape index (κ2) is 4.79. The smallest absolute Gasteiger partial charge is 0.163 e. The first-order valence-electron chi connectivity index (χ1n) is 5.66. The lowest BCUT2D eigenvalue weighted by molar-refractivity contribution is 0.0939. The van der Waals surface area contributed by atoms with Crippen LogP contribution in [0, 0.1) is 12.3 Å². The van der Waals surface area contributed by atoms with Crippen molar-refractivity contribution in [1.82, 2.24) is 0 Å². The van der Waals surface area contributed by atoms with E-state index in [4.69, 9.17) is 5.73 Å². The van der Waals surface area contributed by atoms with E-state index in [1.54, 1.807) is 0 Å². The van der Waals surface area contributed by atoms with E-state index in [2.05, 4.69) is 20.8 Å². The van der Waals surface area contributed by atoms with Crippen LogP contribution in [0.15, 0.2) is 18.2 Å². The maximum Gasteiger partial charge on any atom is 0.163 e. The van der Waals surface area contributed by atoms with Crippen molar-refractivity contribution in [2.75, 3.05) is 0 Å². The first kappa shape index (κ1) is 12.9. The van der Waals surface area contributed by atoms with Gasteiger partial charge in [0.25, 0.3) is 0 Å². The average molecular weight is 219 g/mol. The Kier molecular flexibility index (Phi) is 3.87. The second-order valence-electron chi connectivity index (χ2n) is 5.51. The minimum atomic E-state index is 0.0378. The van der Waals surface area contributed by atoms with Crippen molar-refractivity contribution in [2.45, 2.75) is 40.7 Å². The number of carbonyl (C=O) groups excluding carboxylic acids is 1. The Balaban J connectivity index is 2.93. The van der Waals surface area contributed by atoms with Gasteiger partial charge in [-0.15, -0.1) is 0 Å². The standard InChI is InChI=1S/C14H21NO/c1-10-7-11(9-15)5-6-12(10)13(16)8-14(2,3)4/h5-7H,8-9,15H2,1-4H3. The molecule has 2 nitrogen and oxygen atoms in total. The molecule has 0 radical (unpaired) electrons. The highest BCUT2D eigenvalue weighted by molar-refractivity contribution is 5.97. The molecular formula is C14H21NO. The normalized spacial score (nSPS) is 11.6. The fourth-order valence-electron chi connectivity index (χ4n) is 1.74. The summed E-state index contributed by atoms with van der Waals surface area (Å²) in [5.41, 5.74) is 8.52. The number of Topliss-reactive ketones (excluding diaryl/α,β-unsaturated/α-hetero) is 1. The van der Waals surface area contributed by atoms with Gasteiger partial charge in [-0.05, 0) is 23.5 Å². The molecule has 0 amide bonds. The van der Waals surface area contributed by atoms with Gasteiger partial charge in [-0.2, -0.15) is 0 Å². The summed E-state index contributed by atoms with van der Waals surface area (Å²) in [5.74, 6) is 0.216. The van der Waals surface area contributed by atoms with Crippen LogP contribution in [0.2, 0.25) is 0 Å². The molecule has 1 aromatic carbocycles. The van der Waals surface area contributed by atoms with Crippen molar-refractivity contribution in [3.05, 3.63) is 34.9 Å². The monoisotopic (exact) mass is 219 g/mol. The first-order valence-corrected chi connectivity index (χ1v) is 5.66. The van der Waals surface area contributed by atoms with E-state index >= 15 is 0 Å². The Bertz CT molecular complexity index is 388. The van der Waals surface area contributed by atoms with Crippen molar-refractivity contribution >= 4 is 5.78 Å². The van der Waals surface area contributed by atoms with Crippen LogP contribution >= 0.6 is 0 Å². The summed E-state index contributed by atoms with van der Waals surface area (Å²) in [6, 6.07) is 5.82. The van der Waals surface area contributed by atoms with Gasteiger partial charge in [-0.25, -0.2) is 0 Å². The van der Waals surface area contributed by atoms with Crippen LogP contribution in [-0.2, 0) is 6.54 Å². The van der Waals surface area contributed by atoms with E-state index in [1.807, 2.05) is 25.1 Å². The minimum absolute atomic E-state index is 0.0378. The molecule has 1 rings (SSSR count). The number of nitrogens with two attached hydrogens (primary N) is 1. The summed E-state index contributed by atoms with van der Waals surface area (Å²) in [7, 11) is 0. The molecule has 0 aliphatic rings. The first-order chi connectivity index (χ1) is 7.33. The second-order valence-corrected chi connectivity index (χ2v) is 5.51. The van der Waals surface area contributed by atoms with Crippen molar-refractivity contribution in [3.63, 3.8) is 0 Å². The molecule has 16 heavy (non-hydrogen) atoms. The van der Waals surface area contributed by atoms with Gasteiger partial charge >= 0.3 is 0 Å². The molecule has 1 aromatic rings. The zero-order valence-corrected chi connectivity index (χ0v) is 10.6. The Morgan fingerprint density at radius 2 is 1.94 bits per heavy atom. The Hall–Kier alpha value is -1.15. The summed E-state index contributed by atoms with van der Waals surface area (Å²) in [6.07, 6.45) is 0.579. The van der Waals surface area contributed by atoms with Crippen LogP contribution < -0.4 is 5.73 Å². The average Bonchev–Trinajstić information content (AvgIpc) is 2.14. The van der Waals surface area contributed by atoms with Crippen molar-refractivity contribution in [2.24, 2.45) is 11.1 Å². The lowest BCUT2D eigenvalue weighted by Gasteiger charge is -2.17. The molecule has 0 atom stereocenters. The van der Waals surface area contributed by atoms with Crippen LogP contribution in [-0.4, -0.2) is 5.78 Å². The van der Waals surface area contributed by atoms with E-state index < -0.39 is 0 Å². The van der Waals surface area contributed by atoms with Gasteiger partial charge in [-0.3, -0.25) is 4.79 Å². The molecule has 0 saturated heterocycles. The molecule has 0 aliphatic carbocycles. The number of ketones is 1. The molecule has 0 saturated carbocycles. The maximum absolute atomic E-state index is 12.0. The molecule has 88 valence electrons. The Morgan fingerprint density at radius 1 is 1.31 bits per heavy atom. The minimum Gasteiger partial charge on any atom is -0.326 e. The molecule has 0 aromatic heterocycles. The van der Waals surface area contributed by atoms with Crippen LogP contribution in [0.3, 0.4) is 0 Å². The van der Waals surface area contributed by atoms with Gasteiger partial charge in [-0.1, -0.05) is 39.0 Å². The SMILES string of the molecule is Cc1cc(CN)ccc1C(=O)CC(C)(C)C. The summed E-state index contributed by atoms with van der Waals surface area (Å²) in [4.78, 5) is 12.0. The fourth-order valence-corrected chi connectivity index (χ4v) is 1.74. The zero-order chi connectivity index (χ0) is 12.3. The molecule has 2 N–H and O–H groups in total. The molecular weight excluding hydrogens is 198 g/mol. The summed E-state index contributed by atoms with van der Waals surface area (Å²) < 4.78 is 0. The van der Waals surface area contributed by atoms with Crippen LogP contribution in [0.4, 0.5) is 0 Å². The highest BCUT2D eigenvalue weighted by Gasteiger charge is 2.18. The highest BCUT2D eigenvalue weighted by atomic mass is 16.1. The Labute approximate surface area is 97.9 Å². The molecule has 0 unspecified atom stereocenters. The van der Waals surface area contributed by atoms with Crippen molar-refractivity contribution in [1.29, 1.82) is 0 Å². The number of benzene rings is 1. The number of hydrogen-bond donors (Lipinski definition) is 1. The van der Waals surface area contributed by atoms with Gasteiger partial charge < -0.3 is 5.73 Å². The summed E-state index contributed by atoms with van der Waals surface area (Å²) >= 11 is 0. The molecule has 2 heteroatoms. The highest BCUT2D eigenvalue weighted by Crippen LogP contribution is 2.23. The van der Waals surface area contributed by atoms with Gasteiger partial charge in [0.05, 0.1) is 0 Å². The number of carbonyl (C=O) groups is 1. The third-order valence-corrected chi connectivity index (χ3v) is 2.52. The van der Waals surface area contributed by atoms with Crippen molar-refractivity contribution < 1.29 is 4.79 Å². The largest absolute Gasteiger partial charge is 0.326 e. The number of aryl methyl sites for hydroxylation is 1. The molecule has 0 heterocycles. The van der Waals surface area contributed by atoms with Crippen LogP contribution in [0.1, 0.15) is 48.7 Å². The summed E-state index contributed by atoms with van der Waals surface area (Å²) in [5, 5.41) is 0. The van der Waals surface area contributed by atoms with E-state index in [0.717, 1.165) is 16.7 Å². The quantitative estimate of drug-likeness (QED) is 0.794. The third kappa shape index (κ3) is 3.46. The van der Waals surface area contributed by atoms with E-state index in [1.165, 1.54) is 0 Å². The predicted octanol–water partition coefficient (Wildman–Crippen LogP) is 3.07. The fraction of sp³-hybridized carbons (Fsp3) is 0.500. The number of hydrogen-bond acceptors (Lipinski definition) is 2. The Morgan fingerprint density at radius 3 is 2.38 bits per heavy atom. The van der Waals surface area contributed by atoms with Crippen LogP contribution in [0.25, 0.3) is 0 Å². The van der Waals surface area contributed by atoms with Crippen molar-refractivity contribution in [3.8, 4) is 0 Å². The van der Waals surface area contributed by atoms with Gasteiger partial charge in [0.1, 0.15) is 0 Å². The summed E-state index contributed by atoms with van der Waals surface area (Å²) in [6.45, 7) is 8.72. The lowest BCUT2D eigenvalue weighted by atomic mass is 9.86. The van der Waals surface area contributed by atoms with Gasteiger partial charge in [0, 0.05) is 18.5 Å². The topological polar surface area (TPSA) is 43.1 Å².